The van der Waals surface area contributed by atoms with E-state index in [1.165, 1.54) is 0 Å². The highest BCUT2D eigenvalue weighted by molar-refractivity contribution is 6.05. The number of nitrogens with one attached hydrogen (secondary N) is 2. The summed E-state index contributed by atoms with van der Waals surface area (Å²) in [5.74, 6) is -0.263. The van der Waals surface area contributed by atoms with Crippen molar-refractivity contribution >= 4 is 39.8 Å². The monoisotopic (exact) mass is 525 g/mol. The highest BCUT2D eigenvalue weighted by Gasteiger charge is 2.42. The molecule has 0 radical (unpaired) electrons. The van der Waals surface area contributed by atoms with Crippen LogP contribution in [0.2, 0.25) is 0 Å². The second kappa shape index (κ2) is 10.5. The molecular formula is C30H31N5O4. The van der Waals surface area contributed by atoms with E-state index in [-0.39, 0.29) is 36.4 Å². The Morgan fingerprint density at radius 1 is 0.897 bits per heavy atom. The largest absolute Gasteiger partial charge is 0.396 e. The maximum atomic E-state index is 12.9. The molecule has 1 saturated carbocycles. The molecule has 3 aromatic carbocycles. The van der Waals surface area contributed by atoms with Gasteiger partial charge in [-0.2, -0.15) is 5.10 Å². The van der Waals surface area contributed by atoms with Crippen molar-refractivity contribution in [3.8, 4) is 5.69 Å². The zero-order valence-electron chi connectivity index (χ0n) is 21.5. The molecule has 1 aliphatic carbocycles. The van der Waals surface area contributed by atoms with Gasteiger partial charge in [-0.25, -0.2) is 4.68 Å². The molecule has 1 saturated heterocycles. The minimum Gasteiger partial charge on any atom is -0.396 e. The zero-order valence-corrected chi connectivity index (χ0v) is 21.5. The lowest BCUT2D eigenvalue weighted by molar-refractivity contribution is -0.117. The summed E-state index contributed by atoms with van der Waals surface area (Å²) in [6.45, 7) is 1.68. The number of piperidine rings is 1. The van der Waals surface area contributed by atoms with Gasteiger partial charge in [0.2, 0.25) is 5.91 Å². The Morgan fingerprint density at radius 2 is 1.59 bits per heavy atom. The first kappa shape index (κ1) is 25.1. The van der Waals surface area contributed by atoms with E-state index in [1.807, 2.05) is 71.4 Å². The van der Waals surface area contributed by atoms with Crippen molar-refractivity contribution in [2.45, 2.75) is 25.4 Å². The van der Waals surface area contributed by atoms with E-state index in [9.17, 15) is 19.8 Å². The molecular weight excluding hydrogens is 494 g/mol. The van der Waals surface area contributed by atoms with Crippen LogP contribution in [-0.4, -0.2) is 57.6 Å². The van der Waals surface area contributed by atoms with Gasteiger partial charge in [0.05, 0.1) is 23.5 Å². The second-order valence-electron chi connectivity index (χ2n) is 10.4. The van der Waals surface area contributed by atoms with E-state index in [1.54, 1.807) is 6.20 Å². The summed E-state index contributed by atoms with van der Waals surface area (Å²) in [4.78, 5) is 27.3. The molecule has 2 heterocycles. The number of fused-ring (bicyclic) bond motifs is 1. The number of rotatable bonds is 7. The summed E-state index contributed by atoms with van der Waals surface area (Å²) in [5, 5.41) is 30.2. The third-order valence-electron chi connectivity index (χ3n) is 7.66. The molecule has 2 fully saturated rings. The fourth-order valence-corrected chi connectivity index (χ4v) is 5.16. The molecule has 200 valence electrons. The summed E-state index contributed by atoms with van der Waals surface area (Å²) in [6.07, 6.45) is 3.80. The smallest absolute Gasteiger partial charge is 0.255 e. The fraction of sp³-hybridized carbons (Fsp3) is 0.300. The van der Waals surface area contributed by atoms with E-state index in [2.05, 4.69) is 20.6 Å². The predicted octanol–water partition coefficient (Wildman–Crippen LogP) is 3.81. The Labute approximate surface area is 226 Å². The molecule has 9 heteroatoms. The molecule has 2 amide bonds. The van der Waals surface area contributed by atoms with Crippen molar-refractivity contribution < 1.29 is 19.8 Å². The number of carbonyl (C=O) groups is 2. The first-order valence-electron chi connectivity index (χ1n) is 13.3. The second-order valence-corrected chi connectivity index (χ2v) is 10.4. The molecule has 9 nitrogen and oxygen atoms in total. The minimum absolute atomic E-state index is 0.0494. The van der Waals surface area contributed by atoms with E-state index in [0.29, 0.717) is 16.9 Å². The summed E-state index contributed by atoms with van der Waals surface area (Å²) in [7, 11) is 0. The van der Waals surface area contributed by atoms with Crippen LogP contribution in [-0.2, 0) is 4.79 Å². The minimum atomic E-state index is -0.218. The highest BCUT2D eigenvalue weighted by atomic mass is 16.3. The number of benzene rings is 3. The van der Waals surface area contributed by atoms with Gasteiger partial charge in [-0.3, -0.25) is 9.59 Å². The van der Waals surface area contributed by atoms with Gasteiger partial charge in [0, 0.05) is 53.6 Å². The summed E-state index contributed by atoms with van der Waals surface area (Å²) >= 11 is 0. The van der Waals surface area contributed by atoms with Crippen LogP contribution < -0.4 is 15.5 Å². The average molecular weight is 526 g/mol. The molecule has 2 unspecified atom stereocenters. The molecule has 0 bridgehead atoms. The molecule has 39 heavy (non-hydrogen) atoms. The lowest BCUT2D eigenvalue weighted by Crippen LogP contribution is -2.35. The molecule has 2 aliphatic rings. The van der Waals surface area contributed by atoms with Crippen LogP contribution in [0.1, 0.15) is 29.6 Å². The van der Waals surface area contributed by atoms with Crippen LogP contribution in [0.3, 0.4) is 0 Å². The number of hydrogen-bond acceptors (Lipinski definition) is 6. The third kappa shape index (κ3) is 5.36. The number of aliphatic hydroxyl groups excluding tert-OH is 2. The molecule has 0 spiro atoms. The molecule has 2 atom stereocenters. The van der Waals surface area contributed by atoms with Crippen molar-refractivity contribution in [1.82, 2.24) is 9.78 Å². The predicted molar refractivity (Wildman–Crippen MR) is 150 cm³/mol. The fourth-order valence-electron chi connectivity index (χ4n) is 5.16. The maximum absolute atomic E-state index is 12.9. The van der Waals surface area contributed by atoms with Gasteiger partial charge in [0.1, 0.15) is 0 Å². The quantitative estimate of drug-likeness (QED) is 0.291. The average Bonchev–Trinajstić information content (AvgIpc) is 3.65. The number of anilines is 3. The van der Waals surface area contributed by atoms with Gasteiger partial charge >= 0.3 is 0 Å². The number of nitrogens with zero attached hydrogens (tertiary/aromatic N) is 3. The third-order valence-corrected chi connectivity index (χ3v) is 7.66. The van der Waals surface area contributed by atoms with Gasteiger partial charge in [-0.1, -0.05) is 0 Å². The van der Waals surface area contributed by atoms with E-state index in [0.717, 1.165) is 54.6 Å². The number of amides is 2. The van der Waals surface area contributed by atoms with E-state index < -0.39 is 0 Å². The van der Waals surface area contributed by atoms with Crippen LogP contribution in [0.15, 0.2) is 72.9 Å². The zero-order chi connectivity index (χ0) is 26.9. The van der Waals surface area contributed by atoms with Gasteiger partial charge in [0.15, 0.2) is 0 Å². The Hall–Kier alpha value is -4.21. The van der Waals surface area contributed by atoms with Gasteiger partial charge in [-0.05, 0) is 91.9 Å². The highest BCUT2D eigenvalue weighted by Crippen LogP contribution is 2.38. The lowest BCUT2D eigenvalue weighted by Gasteiger charge is -2.31. The van der Waals surface area contributed by atoms with Crippen molar-refractivity contribution in [3.05, 3.63) is 78.5 Å². The van der Waals surface area contributed by atoms with Gasteiger partial charge in [-0.15, -0.1) is 0 Å². The molecule has 1 aromatic heterocycles. The van der Waals surface area contributed by atoms with Gasteiger partial charge in [0.25, 0.3) is 5.91 Å². The Kier molecular flexibility index (Phi) is 6.76. The Bertz CT molecular complexity index is 1490. The Balaban J connectivity index is 1.10. The standard InChI is InChI=1S/C30H31N5O4/c36-18-21-16-27(21)30(39)32-22-3-8-25(9-4-22)35-28-10-5-23(15-20(28)17-31-35)33-29(38)19-1-6-24(7-2-19)34-13-11-26(37)12-14-34/h1-10,15,17,21,26-27,36-37H,11-14,16,18H2,(H,32,39)(H,33,38). The number of aliphatic hydroxyl groups is 2. The van der Waals surface area contributed by atoms with Crippen LogP contribution in [0, 0.1) is 11.8 Å². The molecule has 4 N–H and O–H groups in total. The molecule has 1 aliphatic heterocycles. The number of carbonyl (C=O) groups excluding carboxylic acids is 2. The van der Waals surface area contributed by atoms with Crippen molar-refractivity contribution in [2.24, 2.45) is 11.8 Å². The van der Waals surface area contributed by atoms with Crippen molar-refractivity contribution in [1.29, 1.82) is 0 Å². The number of aromatic nitrogens is 2. The topological polar surface area (TPSA) is 120 Å². The summed E-state index contributed by atoms with van der Waals surface area (Å²) in [6, 6.07) is 20.7. The van der Waals surface area contributed by atoms with Crippen LogP contribution in [0.5, 0.6) is 0 Å². The number of hydrogen-bond donors (Lipinski definition) is 4. The maximum Gasteiger partial charge on any atom is 0.255 e. The van der Waals surface area contributed by atoms with Crippen LogP contribution in [0.25, 0.3) is 16.6 Å². The van der Waals surface area contributed by atoms with Crippen molar-refractivity contribution in [3.63, 3.8) is 0 Å². The lowest BCUT2D eigenvalue weighted by atomic mass is 10.1. The van der Waals surface area contributed by atoms with Crippen LogP contribution >= 0.6 is 0 Å². The first-order chi connectivity index (χ1) is 19.0. The van der Waals surface area contributed by atoms with Crippen LogP contribution in [0.4, 0.5) is 17.1 Å². The molecule has 6 rings (SSSR count). The Morgan fingerprint density at radius 3 is 2.28 bits per heavy atom. The van der Waals surface area contributed by atoms with Gasteiger partial charge < -0.3 is 25.7 Å². The first-order valence-corrected chi connectivity index (χ1v) is 13.3. The molecule has 4 aromatic rings. The SMILES string of the molecule is O=C(Nc1ccc2c(cnn2-c2ccc(NC(=O)C3CC3CO)cc2)c1)c1ccc(N2CCC(O)CC2)cc1. The van der Waals surface area contributed by atoms with E-state index in [4.69, 9.17) is 0 Å². The van der Waals surface area contributed by atoms with Crippen molar-refractivity contribution in [2.75, 3.05) is 35.2 Å². The summed E-state index contributed by atoms with van der Waals surface area (Å²) in [5.41, 5.74) is 4.76. The van der Waals surface area contributed by atoms with E-state index >= 15 is 0 Å². The normalized spacial score (nSPS) is 19.2. The summed E-state index contributed by atoms with van der Waals surface area (Å²) < 4.78 is 1.81.